The maximum Gasteiger partial charge on any atom is 0.293 e. The van der Waals surface area contributed by atoms with Crippen molar-refractivity contribution in [2.75, 3.05) is 14.0 Å². The summed E-state index contributed by atoms with van der Waals surface area (Å²) in [7, 11) is 0. The molecule has 0 bridgehead atoms. The molecule has 0 saturated heterocycles. The second-order valence-corrected chi connectivity index (χ2v) is 7.14. The average Bonchev–Trinajstić information content (AvgIpc) is 3.14. The minimum atomic E-state index is -3.32. The lowest BCUT2D eigenvalue weighted by molar-refractivity contribution is 0.0816. The quantitative estimate of drug-likeness (QED) is 0.572. The lowest BCUT2D eigenvalue weighted by Crippen LogP contribution is -2.23. The lowest BCUT2D eigenvalue weighted by atomic mass is 9.99. The molecule has 1 amide bonds. The predicted molar refractivity (Wildman–Crippen MR) is 110 cm³/mol. The zero-order valence-electron chi connectivity index (χ0n) is 21.1. The van der Waals surface area contributed by atoms with Gasteiger partial charge in [0.05, 0.1) is 27.0 Å². The van der Waals surface area contributed by atoms with Gasteiger partial charge in [-0.1, -0.05) is 29.3 Å². The Balaban J connectivity index is 1.98. The van der Waals surface area contributed by atoms with Crippen molar-refractivity contribution >= 4 is 34.8 Å². The highest BCUT2D eigenvalue weighted by molar-refractivity contribution is 6.45. The van der Waals surface area contributed by atoms with Crippen molar-refractivity contribution in [2.24, 2.45) is 4.99 Å². The smallest absolute Gasteiger partial charge is 0.293 e. The minimum absolute atomic E-state index is 0.0221. The van der Waals surface area contributed by atoms with E-state index in [1.165, 1.54) is 25.1 Å². The normalized spacial score (nSPS) is 19.0. The van der Waals surface area contributed by atoms with Gasteiger partial charge in [-0.25, -0.2) is 18.4 Å². The predicted octanol–water partition coefficient (Wildman–Crippen LogP) is 4.47. The summed E-state index contributed by atoms with van der Waals surface area (Å²) in [6.45, 7) is -5.15. The Morgan fingerprint density at radius 3 is 2.53 bits per heavy atom. The van der Waals surface area contributed by atoms with Crippen LogP contribution in [0.1, 0.15) is 48.8 Å². The molecule has 1 aliphatic heterocycles. The number of amides is 1. The van der Waals surface area contributed by atoms with E-state index in [1.54, 1.807) is 0 Å². The number of nitrogens with zero attached hydrogens (tertiary/aromatic N) is 5. The number of rotatable bonds is 2. The highest BCUT2D eigenvalue weighted by atomic mass is 35.5. The van der Waals surface area contributed by atoms with Gasteiger partial charge >= 0.3 is 0 Å². The van der Waals surface area contributed by atoms with Crippen LogP contribution in [-0.2, 0) is 0 Å². The fraction of sp³-hybridized carbons (Fsp3) is 0.200. The monoisotopic (exact) mass is 455 g/mol. The first kappa shape index (κ1) is 14.2. The molecule has 1 aromatic heterocycles. The molecular weight excluding hydrogens is 435 g/mol. The van der Waals surface area contributed by atoms with Crippen LogP contribution in [0.4, 0.5) is 8.78 Å². The number of benzene rings is 2. The van der Waals surface area contributed by atoms with Crippen LogP contribution >= 0.6 is 23.2 Å². The summed E-state index contributed by atoms with van der Waals surface area (Å²) in [5, 5.41) is 3.96. The molecule has 0 saturated carbocycles. The Morgan fingerprint density at radius 2 is 1.87 bits per heavy atom. The molecule has 4 rings (SSSR count). The summed E-state index contributed by atoms with van der Waals surface area (Å²) in [4.78, 5) is 21.1. The molecule has 0 radical (unpaired) electrons. The van der Waals surface area contributed by atoms with Gasteiger partial charge in [-0.2, -0.15) is 0 Å². The van der Waals surface area contributed by atoms with Gasteiger partial charge in [0.25, 0.3) is 5.91 Å². The van der Waals surface area contributed by atoms with Gasteiger partial charge in [0.1, 0.15) is 17.7 Å². The van der Waals surface area contributed by atoms with Crippen molar-refractivity contribution < 1.29 is 21.8 Å². The molecule has 6 nitrogen and oxygen atoms in total. The van der Waals surface area contributed by atoms with E-state index < -0.39 is 48.9 Å². The maximum atomic E-state index is 14.8. The third-order valence-electron chi connectivity index (χ3n) is 4.46. The summed E-state index contributed by atoms with van der Waals surface area (Å²) in [6, 6.07) is 5.04. The molecule has 0 fully saturated rings. The molecular formula is C20H15Cl2F2N5O. The van der Waals surface area contributed by atoms with Crippen molar-refractivity contribution in [2.45, 2.75) is 13.0 Å². The molecule has 1 atom stereocenters. The Hall–Kier alpha value is -2.84. The number of hydrogen-bond acceptors (Lipinski definition) is 4. The van der Waals surface area contributed by atoms with Crippen LogP contribution in [0.2, 0.25) is 10.0 Å². The second kappa shape index (κ2) is 7.45. The van der Waals surface area contributed by atoms with Crippen molar-refractivity contribution in [1.82, 2.24) is 19.7 Å². The van der Waals surface area contributed by atoms with E-state index in [4.69, 9.17) is 31.4 Å². The zero-order chi connectivity index (χ0) is 26.7. The van der Waals surface area contributed by atoms with Crippen LogP contribution in [0.15, 0.2) is 35.3 Å². The third-order valence-corrected chi connectivity index (χ3v) is 5.26. The molecule has 3 aromatic rings. The second-order valence-electron chi connectivity index (χ2n) is 6.35. The third kappa shape index (κ3) is 3.16. The summed E-state index contributed by atoms with van der Waals surface area (Å²) in [6.07, 6.45) is 0. The minimum Gasteiger partial charge on any atom is -0.342 e. The summed E-state index contributed by atoms with van der Waals surface area (Å²) in [5.74, 6) is -4.10. The van der Waals surface area contributed by atoms with E-state index >= 15 is 0 Å². The number of halogens is 4. The standard InChI is InChI=1S/C20H15Cl2F2N5O/c1-9-19-26-18(20(30)28(2)3)27-29(19)13-8-7-10(21)16(22)15(13)17(25-9)14-11(23)5-4-6-12(14)24/h4-9H,1-3H3/t9-/m0/s1/i2D3,3D3. The lowest BCUT2D eigenvalue weighted by Gasteiger charge is -2.15. The van der Waals surface area contributed by atoms with Crippen LogP contribution in [0.25, 0.3) is 5.69 Å². The van der Waals surface area contributed by atoms with Gasteiger partial charge in [0.2, 0.25) is 5.82 Å². The Labute approximate surface area is 189 Å². The number of carbonyl (C=O) groups is 1. The number of fused-ring (bicyclic) bond motifs is 3. The highest BCUT2D eigenvalue weighted by Gasteiger charge is 2.32. The summed E-state index contributed by atoms with van der Waals surface area (Å²) in [5.41, 5.74) is -0.614. The van der Waals surface area contributed by atoms with Crippen LogP contribution in [0, 0.1) is 11.6 Å². The van der Waals surface area contributed by atoms with Crippen molar-refractivity contribution in [3.05, 3.63) is 74.8 Å². The average molecular weight is 456 g/mol. The van der Waals surface area contributed by atoms with Gasteiger partial charge in [0.15, 0.2) is 5.82 Å². The van der Waals surface area contributed by atoms with E-state index in [-0.39, 0.29) is 37.7 Å². The van der Waals surface area contributed by atoms with Gasteiger partial charge in [-0.3, -0.25) is 9.79 Å². The van der Waals surface area contributed by atoms with Crippen LogP contribution in [0.3, 0.4) is 0 Å². The first-order valence-corrected chi connectivity index (χ1v) is 9.21. The molecule has 0 spiro atoms. The summed E-state index contributed by atoms with van der Waals surface area (Å²) < 4.78 is 75.5. The first-order chi connectivity index (χ1) is 16.6. The molecule has 154 valence electrons. The van der Waals surface area contributed by atoms with Crippen LogP contribution in [-0.4, -0.2) is 45.2 Å². The number of aliphatic imine (C=N–C) groups is 1. The van der Waals surface area contributed by atoms with E-state index in [2.05, 4.69) is 15.1 Å². The number of aromatic nitrogens is 3. The molecule has 2 heterocycles. The summed E-state index contributed by atoms with van der Waals surface area (Å²) >= 11 is 12.6. The largest absolute Gasteiger partial charge is 0.342 e. The Bertz CT molecular complexity index is 1390. The van der Waals surface area contributed by atoms with Crippen molar-refractivity contribution in [3.8, 4) is 5.69 Å². The van der Waals surface area contributed by atoms with Crippen LogP contribution < -0.4 is 0 Å². The van der Waals surface area contributed by atoms with E-state index in [0.29, 0.717) is 0 Å². The van der Waals surface area contributed by atoms with Gasteiger partial charge in [-0.05, 0) is 31.2 Å². The molecule has 1 aliphatic rings. The molecule has 0 unspecified atom stereocenters. The molecule has 0 aliphatic carbocycles. The van der Waals surface area contributed by atoms with Gasteiger partial charge in [-0.15, -0.1) is 5.10 Å². The van der Waals surface area contributed by atoms with Gasteiger partial charge in [0, 0.05) is 27.7 Å². The molecule has 30 heavy (non-hydrogen) atoms. The topological polar surface area (TPSA) is 63.4 Å². The van der Waals surface area contributed by atoms with E-state index in [9.17, 15) is 13.6 Å². The molecule has 2 aromatic carbocycles. The fourth-order valence-corrected chi connectivity index (χ4v) is 3.54. The Kier molecular flexibility index (Phi) is 3.53. The Morgan fingerprint density at radius 1 is 1.17 bits per heavy atom. The van der Waals surface area contributed by atoms with E-state index in [0.717, 1.165) is 16.8 Å². The van der Waals surface area contributed by atoms with E-state index in [1.807, 2.05) is 0 Å². The molecule has 10 heteroatoms. The number of hydrogen-bond donors (Lipinski definition) is 0. The van der Waals surface area contributed by atoms with Crippen LogP contribution in [0.5, 0.6) is 0 Å². The molecule has 0 N–H and O–H groups in total. The highest BCUT2D eigenvalue weighted by Crippen LogP contribution is 2.37. The number of carbonyl (C=O) groups excluding carboxylic acids is 1. The fourth-order valence-electron chi connectivity index (χ4n) is 3.13. The van der Waals surface area contributed by atoms with Crippen molar-refractivity contribution in [1.29, 1.82) is 0 Å². The first-order valence-electron chi connectivity index (χ1n) is 11.5. The van der Waals surface area contributed by atoms with Gasteiger partial charge < -0.3 is 4.90 Å². The maximum absolute atomic E-state index is 14.8. The SMILES string of the molecule is [2H]C([2H])([2H])N(C(=O)c1nc2n(n1)-c1ccc(Cl)c(Cl)c1C(c1c(F)cccc1F)=N[C@H]2C)C([2H])([2H])[2H]. The zero-order valence-corrected chi connectivity index (χ0v) is 16.6. The van der Waals surface area contributed by atoms with Crippen molar-refractivity contribution in [3.63, 3.8) is 0 Å².